The van der Waals surface area contributed by atoms with E-state index in [9.17, 15) is 43.2 Å². The molecule has 0 aliphatic carbocycles. The highest BCUT2D eigenvalue weighted by Crippen LogP contribution is 2.45. The molecule has 0 aromatic heterocycles. The SMILES string of the molecule is CCCCCCCCCCCCCCCCCCCCCCCCC(=O)O[C@H](COC(=O)CCCCCCCCCCCCCCCCCCCCCC)COP(=O)(O)OC[C@@H](O)COP(=O)(O)OC[C@@H](COC(=O)CCCCCCCCCC)OC(=O)CCCCCCCCCCCCCC. The van der Waals surface area contributed by atoms with Crippen molar-refractivity contribution >= 4 is 39.5 Å². The Balaban J connectivity index is 5.16. The largest absolute Gasteiger partial charge is 0.472 e. The van der Waals surface area contributed by atoms with E-state index in [0.29, 0.717) is 25.7 Å². The second-order valence-corrected chi connectivity index (χ2v) is 32.8. The molecule has 0 amide bonds. The van der Waals surface area contributed by atoms with Crippen LogP contribution in [0.25, 0.3) is 0 Å². The lowest BCUT2D eigenvalue weighted by Gasteiger charge is -2.21. The first kappa shape index (κ1) is 100. The van der Waals surface area contributed by atoms with Crippen molar-refractivity contribution in [2.75, 3.05) is 39.6 Å². The summed E-state index contributed by atoms with van der Waals surface area (Å²) in [6.45, 7) is 5.00. The fraction of sp³-hybridized carbons (Fsp3) is 0.952. The third kappa shape index (κ3) is 76.3. The second-order valence-electron chi connectivity index (χ2n) is 29.9. The van der Waals surface area contributed by atoms with Crippen LogP contribution < -0.4 is 0 Å². The highest BCUT2D eigenvalue weighted by molar-refractivity contribution is 7.47. The topological polar surface area (TPSA) is 237 Å². The first-order chi connectivity index (χ1) is 49.7. The van der Waals surface area contributed by atoms with E-state index >= 15 is 0 Å². The van der Waals surface area contributed by atoms with E-state index in [1.165, 1.54) is 283 Å². The summed E-state index contributed by atoms with van der Waals surface area (Å²) >= 11 is 0. The van der Waals surface area contributed by atoms with E-state index < -0.39 is 97.5 Å². The van der Waals surface area contributed by atoms with Crippen LogP contribution in [0, 0.1) is 0 Å². The Hall–Kier alpha value is -1.94. The molecule has 0 aliphatic rings. The molecule has 3 N–H and O–H groups in total. The molecule has 2 unspecified atom stereocenters. The maximum atomic E-state index is 13.1. The number of carbonyl (C=O) groups excluding carboxylic acids is 4. The number of unbranched alkanes of at least 4 members (excludes halogenated alkanes) is 58. The van der Waals surface area contributed by atoms with Crippen molar-refractivity contribution in [3.05, 3.63) is 0 Å². The molecule has 0 heterocycles. The zero-order valence-electron chi connectivity index (χ0n) is 66.6. The number of hydrogen-bond donors (Lipinski definition) is 3. The molecule has 0 aromatic rings. The summed E-state index contributed by atoms with van der Waals surface area (Å²) < 4.78 is 68.7. The predicted octanol–water partition coefficient (Wildman–Crippen LogP) is 25.4. The summed E-state index contributed by atoms with van der Waals surface area (Å²) in [7, 11) is -9.91. The summed E-state index contributed by atoms with van der Waals surface area (Å²) in [4.78, 5) is 72.9. The summed E-state index contributed by atoms with van der Waals surface area (Å²) in [5, 5.41) is 10.6. The monoisotopic (exact) mass is 1490 g/mol. The smallest absolute Gasteiger partial charge is 0.462 e. The van der Waals surface area contributed by atoms with Crippen molar-refractivity contribution in [2.24, 2.45) is 0 Å². The van der Waals surface area contributed by atoms with Gasteiger partial charge in [-0.25, -0.2) is 9.13 Å². The van der Waals surface area contributed by atoms with E-state index in [-0.39, 0.29) is 25.7 Å². The highest BCUT2D eigenvalue weighted by Gasteiger charge is 2.30. The third-order valence-corrected chi connectivity index (χ3v) is 21.5. The van der Waals surface area contributed by atoms with Gasteiger partial charge in [-0.3, -0.25) is 37.3 Å². The van der Waals surface area contributed by atoms with Crippen LogP contribution in [-0.2, 0) is 65.4 Å². The van der Waals surface area contributed by atoms with Gasteiger partial charge in [-0.15, -0.1) is 0 Å². The molecule has 606 valence electrons. The molecule has 19 heteroatoms. The minimum absolute atomic E-state index is 0.108. The van der Waals surface area contributed by atoms with Gasteiger partial charge in [0.1, 0.15) is 19.3 Å². The summed E-state index contributed by atoms with van der Waals surface area (Å²) in [6.07, 6.45) is 71.1. The highest BCUT2D eigenvalue weighted by atomic mass is 31.2. The van der Waals surface area contributed by atoms with Gasteiger partial charge >= 0.3 is 39.5 Å². The van der Waals surface area contributed by atoms with Crippen molar-refractivity contribution in [1.82, 2.24) is 0 Å². The van der Waals surface area contributed by atoms with Gasteiger partial charge in [-0.1, -0.05) is 400 Å². The van der Waals surface area contributed by atoms with Gasteiger partial charge in [0, 0.05) is 25.7 Å². The van der Waals surface area contributed by atoms with Crippen molar-refractivity contribution in [2.45, 2.75) is 470 Å². The normalized spacial score (nSPS) is 13.8. The molecule has 0 saturated carbocycles. The lowest BCUT2D eigenvalue weighted by molar-refractivity contribution is -0.161. The van der Waals surface area contributed by atoms with Crippen LogP contribution in [0.3, 0.4) is 0 Å². The van der Waals surface area contributed by atoms with Crippen molar-refractivity contribution in [1.29, 1.82) is 0 Å². The lowest BCUT2D eigenvalue weighted by Crippen LogP contribution is -2.30. The molecule has 0 saturated heterocycles. The van der Waals surface area contributed by atoms with Gasteiger partial charge < -0.3 is 33.8 Å². The molecule has 0 aromatic carbocycles. The molecule has 17 nitrogen and oxygen atoms in total. The number of phosphoric acid groups is 2. The van der Waals surface area contributed by atoms with Crippen LogP contribution in [-0.4, -0.2) is 96.7 Å². The van der Waals surface area contributed by atoms with Gasteiger partial charge in [-0.05, 0) is 25.7 Å². The van der Waals surface area contributed by atoms with Crippen molar-refractivity contribution < 1.29 is 80.2 Å². The Labute approximate surface area is 626 Å². The second kappa shape index (κ2) is 77.2. The van der Waals surface area contributed by atoms with Crippen LogP contribution >= 0.6 is 15.6 Å². The Kier molecular flexibility index (Phi) is 75.8. The zero-order chi connectivity index (χ0) is 74.6. The molecule has 0 radical (unpaired) electrons. The molecular formula is C83H162O17P2. The van der Waals surface area contributed by atoms with E-state index in [1.54, 1.807) is 0 Å². The predicted molar refractivity (Wildman–Crippen MR) is 419 cm³/mol. The van der Waals surface area contributed by atoms with Crippen LogP contribution in [0.2, 0.25) is 0 Å². The Morgan fingerprint density at radius 1 is 0.235 bits per heavy atom. The molecular weight excluding hydrogens is 1330 g/mol. The molecule has 0 spiro atoms. The quantitative estimate of drug-likeness (QED) is 0.0222. The number of carbonyl (C=O) groups is 4. The van der Waals surface area contributed by atoms with E-state index in [4.69, 9.17) is 37.0 Å². The Morgan fingerprint density at radius 2 is 0.392 bits per heavy atom. The Morgan fingerprint density at radius 3 is 0.578 bits per heavy atom. The number of aliphatic hydroxyl groups excluding tert-OH is 1. The van der Waals surface area contributed by atoms with Gasteiger partial charge in [0.2, 0.25) is 0 Å². The number of esters is 4. The molecule has 102 heavy (non-hydrogen) atoms. The number of phosphoric ester groups is 2. The number of rotatable bonds is 84. The van der Waals surface area contributed by atoms with Crippen LogP contribution in [0.5, 0.6) is 0 Å². The maximum Gasteiger partial charge on any atom is 0.472 e. The minimum Gasteiger partial charge on any atom is -0.462 e. The van der Waals surface area contributed by atoms with Crippen LogP contribution in [0.4, 0.5) is 0 Å². The van der Waals surface area contributed by atoms with Crippen molar-refractivity contribution in [3.63, 3.8) is 0 Å². The van der Waals surface area contributed by atoms with Crippen molar-refractivity contribution in [3.8, 4) is 0 Å². The zero-order valence-corrected chi connectivity index (χ0v) is 68.4. The molecule has 0 rings (SSSR count). The summed E-state index contributed by atoms with van der Waals surface area (Å²) in [6, 6.07) is 0. The third-order valence-electron chi connectivity index (χ3n) is 19.6. The van der Waals surface area contributed by atoms with Gasteiger partial charge in [0.25, 0.3) is 0 Å². The molecule has 0 aliphatic heterocycles. The minimum atomic E-state index is -4.96. The number of hydrogen-bond acceptors (Lipinski definition) is 15. The number of aliphatic hydroxyl groups is 1. The first-order valence-electron chi connectivity index (χ1n) is 43.3. The van der Waals surface area contributed by atoms with Crippen LogP contribution in [0.15, 0.2) is 0 Å². The standard InChI is InChI=1S/C83H162O17P2/c1-5-9-13-17-21-25-28-31-33-35-37-39-40-42-44-46-48-51-54-58-62-66-70-83(88)100-79(74-94-81(86)68-64-60-56-52-50-47-45-43-41-38-36-34-32-29-26-22-18-14-10-6-2)76-98-102(91,92)96-72-77(84)71-95-101(89,90)97-75-78(73-93-80(85)67-63-59-55-24-20-16-12-8-4)99-82(87)69-65-61-57-53-49-30-27-23-19-15-11-7-3/h77-79,84H,5-76H2,1-4H3,(H,89,90)(H,91,92)/t77-,78+,79+/m0/s1. The number of ether oxygens (including phenoxy) is 4. The first-order valence-corrected chi connectivity index (χ1v) is 46.3. The average Bonchev–Trinajstić information content (AvgIpc) is 0.974. The fourth-order valence-corrected chi connectivity index (χ4v) is 14.6. The fourth-order valence-electron chi connectivity index (χ4n) is 13.0. The molecule has 0 fully saturated rings. The van der Waals surface area contributed by atoms with E-state index in [0.717, 1.165) is 89.9 Å². The summed E-state index contributed by atoms with van der Waals surface area (Å²) in [5.41, 5.74) is 0. The maximum absolute atomic E-state index is 13.1. The lowest BCUT2D eigenvalue weighted by atomic mass is 10.0. The molecule has 0 bridgehead atoms. The summed E-state index contributed by atoms with van der Waals surface area (Å²) in [5.74, 6) is -2.11. The van der Waals surface area contributed by atoms with Gasteiger partial charge in [0.05, 0.1) is 26.4 Å². The van der Waals surface area contributed by atoms with Gasteiger partial charge in [0.15, 0.2) is 12.2 Å². The van der Waals surface area contributed by atoms with Gasteiger partial charge in [-0.2, -0.15) is 0 Å². The van der Waals surface area contributed by atoms with Crippen LogP contribution in [0.1, 0.15) is 451 Å². The Bertz CT molecular complexity index is 1930. The van der Waals surface area contributed by atoms with E-state index in [1.807, 2.05) is 0 Å². The average molecular weight is 1490 g/mol. The molecule has 5 atom stereocenters. The van der Waals surface area contributed by atoms with E-state index in [2.05, 4.69) is 27.7 Å².